The van der Waals surface area contributed by atoms with Crippen LogP contribution in [0.3, 0.4) is 0 Å². The van der Waals surface area contributed by atoms with Gasteiger partial charge in [0.2, 0.25) is 0 Å². The van der Waals surface area contributed by atoms with Gasteiger partial charge in [0.05, 0.1) is 13.7 Å². The Balaban J connectivity index is 1.95. The zero-order chi connectivity index (χ0) is 15.1. The summed E-state index contributed by atoms with van der Waals surface area (Å²) < 4.78 is 10.6. The fraction of sp³-hybridized carbons (Fsp3) is 0.333. The molecule has 2 aromatic carbocycles. The number of hydrogen-bond donors (Lipinski definition) is 1. The Bertz CT molecular complexity index is 581. The quantitative estimate of drug-likeness (QED) is 0.845. The molecular weight excluding hydrogens is 262 g/mol. The molecule has 0 aromatic heterocycles. The van der Waals surface area contributed by atoms with Crippen LogP contribution in [0.5, 0.6) is 5.75 Å². The molecule has 0 spiro atoms. The largest absolute Gasteiger partial charge is 0.496 e. The Kier molecular flexibility index (Phi) is 5.78. The molecule has 0 aliphatic carbocycles. The van der Waals surface area contributed by atoms with Gasteiger partial charge in [-0.15, -0.1) is 0 Å². The van der Waals surface area contributed by atoms with Gasteiger partial charge in [-0.3, -0.25) is 0 Å². The summed E-state index contributed by atoms with van der Waals surface area (Å²) in [6, 6.07) is 14.7. The van der Waals surface area contributed by atoms with Gasteiger partial charge in [-0.25, -0.2) is 0 Å². The van der Waals surface area contributed by atoms with Crippen LogP contribution in [0.1, 0.15) is 22.3 Å². The van der Waals surface area contributed by atoms with Gasteiger partial charge in [0, 0.05) is 25.8 Å². The second-order valence-electron chi connectivity index (χ2n) is 5.17. The first-order chi connectivity index (χ1) is 10.2. The summed E-state index contributed by atoms with van der Waals surface area (Å²) >= 11 is 0. The van der Waals surface area contributed by atoms with E-state index in [0.29, 0.717) is 6.61 Å². The standard InChI is InChI=1S/C18H23NO2/c1-14-7-8-18(21-3)17(9-14)12-19-11-15-5-4-6-16(10-15)13-20-2/h4-10,19H,11-13H2,1-3H3. The third kappa shape index (κ3) is 4.59. The molecule has 1 N–H and O–H groups in total. The zero-order valence-electron chi connectivity index (χ0n) is 13.0. The average molecular weight is 285 g/mol. The molecule has 0 atom stereocenters. The zero-order valence-corrected chi connectivity index (χ0v) is 13.0. The maximum atomic E-state index is 5.40. The van der Waals surface area contributed by atoms with E-state index in [1.54, 1.807) is 14.2 Å². The summed E-state index contributed by atoms with van der Waals surface area (Å²) in [5, 5.41) is 3.47. The molecule has 21 heavy (non-hydrogen) atoms. The van der Waals surface area contributed by atoms with Gasteiger partial charge < -0.3 is 14.8 Å². The van der Waals surface area contributed by atoms with Crippen LogP contribution >= 0.6 is 0 Å². The van der Waals surface area contributed by atoms with E-state index in [1.807, 2.05) is 6.07 Å². The fourth-order valence-corrected chi connectivity index (χ4v) is 2.38. The van der Waals surface area contributed by atoms with Crippen LogP contribution in [0.25, 0.3) is 0 Å². The van der Waals surface area contributed by atoms with Gasteiger partial charge in [0.15, 0.2) is 0 Å². The van der Waals surface area contributed by atoms with Gasteiger partial charge in [0.25, 0.3) is 0 Å². The Morgan fingerprint density at radius 2 is 1.76 bits per heavy atom. The predicted octanol–water partition coefficient (Wildman–Crippen LogP) is 3.44. The van der Waals surface area contributed by atoms with E-state index in [2.05, 4.69) is 48.6 Å². The number of hydrogen-bond acceptors (Lipinski definition) is 3. The van der Waals surface area contributed by atoms with Crippen molar-refractivity contribution in [2.45, 2.75) is 26.6 Å². The lowest BCUT2D eigenvalue weighted by Crippen LogP contribution is -2.13. The molecule has 0 aliphatic heterocycles. The van der Waals surface area contributed by atoms with Crippen molar-refractivity contribution in [3.63, 3.8) is 0 Å². The summed E-state index contributed by atoms with van der Waals surface area (Å²) in [5.74, 6) is 0.932. The maximum absolute atomic E-state index is 5.40. The highest BCUT2D eigenvalue weighted by atomic mass is 16.5. The molecule has 0 fully saturated rings. The normalized spacial score (nSPS) is 10.6. The lowest BCUT2D eigenvalue weighted by atomic mass is 10.1. The van der Waals surface area contributed by atoms with Crippen LogP contribution < -0.4 is 10.1 Å². The van der Waals surface area contributed by atoms with Crippen LogP contribution in [-0.2, 0) is 24.4 Å². The van der Waals surface area contributed by atoms with Crippen LogP contribution in [0.4, 0.5) is 0 Å². The average Bonchev–Trinajstić information content (AvgIpc) is 2.48. The molecule has 0 heterocycles. The molecule has 2 aromatic rings. The second-order valence-corrected chi connectivity index (χ2v) is 5.17. The van der Waals surface area contributed by atoms with Crippen molar-refractivity contribution < 1.29 is 9.47 Å². The topological polar surface area (TPSA) is 30.5 Å². The fourth-order valence-electron chi connectivity index (χ4n) is 2.38. The SMILES string of the molecule is COCc1cccc(CNCc2cc(C)ccc2OC)c1. The first kappa shape index (κ1) is 15.5. The molecule has 0 aliphatic rings. The molecule has 0 amide bonds. The molecule has 112 valence electrons. The molecule has 3 nitrogen and oxygen atoms in total. The lowest BCUT2D eigenvalue weighted by Gasteiger charge is -2.11. The minimum Gasteiger partial charge on any atom is -0.496 e. The van der Waals surface area contributed by atoms with Crippen LogP contribution in [0, 0.1) is 6.92 Å². The van der Waals surface area contributed by atoms with E-state index in [1.165, 1.54) is 22.3 Å². The Labute approximate surface area is 126 Å². The molecule has 0 bridgehead atoms. The van der Waals surface area contributed by atoms with E-state index >= 15 is 0 Å². The summed E-state index contributed by atoms with van der Waals surface area (Å²) in [6.45, 7) is 4.37. The maximum Gasteiger partial charge on any atom is 0.123 e. The van der Waals surface area contributed by atoms with Crippen LogP contribution in [0.15, 0.2) is 42.5 Å². The Morgan fingerprint density at radius 1 is 0.952 bits per heavy atom. The Hall–Kier alpha value is -1.84. The summed E-state index contributed by atoms with van der Waals surface area (Å²) in [6.07, 6.45) is 0. The molecule has 3 heteroatoms. The van der Waals surface area contributed by atoms with Crippen molar-refractivity contribution in [3.05, 3.63) is 64.7 Å². The van der Waals surface area contributed by atoms with Crippen LogP contribution in [-0.4, -0.2) is 14.2 Å². The summed E-state index contributed by atoms with van der Waals surface area (Å²) in [5.41, 5.74) is 4.89. The first-order valence-corrected chi connectivity index (χ1v) is 7.14. The van der Waals surface area contributed by atoms with Crippen molar-refractivity contribution in [3.8, 4) is 5.75 Å². The molecule has 0 saturated carbocycles. The summed E-state index contributed by atoms with van der Waals surface area (Å²) in [4.78, 5) is 0. The second kappa shape index (κ2) is 7.81. The van der Waals surface area contributed by atoms with Crippen molar-refractivity contribution in [1.82, 2.24) is 5.32 Å². The molecule has 0 radical (unpaired) electrons. The number of aryl methyl sites for hydroxylation is 1. The molecule has 0 saturated heterocycles. The minimum absolute atomic E-state index is 0.652. The Morgan fingerprint density at radius 3 is 2.52 bits per heavy atom. The highest BCUT2D eigenvalue weighted by Gasteiger charge is 2.03. The van der Waals surface area contributed by atoms with Gasteiger partial charge in [0.1, 0.15) is 5.75 Å². The molecular formula is C18H23NO2. The van der Waals surface area contributed by atoms with Crippen molar-refractivity contribution in [2.24, 2.45) is 0 Å². The number of ether oxygens (including phenoxy) is 2. The number of nitrogens with one attached hydrogen (secondary N) is 1. The number of rotatable bonds is 7. The van der Waals surface area contributed by atoms with Crippen LogP contribution in [0.2, 0.25) is 0 Å². The van der Waals surface area contributed by atoms with E-state index < -0.39 is 0 Å². The third-order valence-electron chi connectivity index (χ3n) is 3.38. The van der Waals surface area contributed by atoms with Crippen molar-refractivity contribution >= 4 is 0 Å². The van der Waals surface area contributed by atoms with Gasteiger partial charge in [-0.05, 0) is 24.1 Å². The van der Waals surface area contributed by atoms with Gasteiger partial charge >= 0.3 is 0 Å². The van der Waals surface area contributed by atoms with E-state index in [4.69, 9.17) is 9.47 Å². The predicted molar refractivity (Wildman–Crippen MR) is 85.4 cm³/mol. The van der Waals surface area contributed by atoms with E-state index in [-0.39, 0.29) is 0 Å². The number of methoxy groups -OCH3 is 2. The monoisotopic (exact) mass is 285 g/mol. The van der Waals surface area contributed by atoms with Gasteiger partial charge in [-0.2, -0.15) is 0 Å². The molecule has 0 unspecified atom stereocenters. The van der Waals surface area contributed by atoms with Crippen molar-refractivity contribution in [2.75, 3.05) is 14.2 Å². The molecule has 2 rings (SSSR count). The van der Waals surface area contributed by atoms with E-state index in [0.717, 1.165) is 18.8 Å². The highest BCUT2D eigenvalue weighted by molar-refractivity contribution is 5.36. The lowest BCUT2D eigenvalue weighted by molar-refractivity contribution is 0.185. The van der Waals surface area contributed by atoms with Gasteiger partial charge in [-0.1, -0.05) is 42.0 Å². The minimum atomic E-state index is 0.652. The summed E-state index contributed by atoms with van der Waals surface area (Å²) in [7, 11) is 3.43. The van der Waals surface area contributed by atoms with E-state index in [9.17, 15) is 0 Å². The highest BCUT2D eigenvalue weighted by Crippen LogP contribution is 2.19. The first-order valence-electron chi connectivity index (χ1n) is 7.14. The van der Waals surface area contributed by atoms with Crippen molar-refractivity contribution in [1.29, 1.82) is 0 Å². The third-order valence-corrected chi connectivity index (χ3v) is 3.38. The number of benzene rings is 2. The smallest absolute Gasteiger partial charge is 0.123 e.